The third kappa shape index (κ3) is 31.0. The monoisotopic (exact) mass is 557 g/mol. The van der Waals surface area contributed by atoms with Crippen molar-refractivity contribution in [2.24, 2.45) is 5.92 Å². The molecule has 2 heteroatoms. The van der Waals surface area contributed by atoms with E-state index < -0.39 is 5.97 Å². The fourth-order valence-electron chi connectivity index (χ4n) is 5.19. The quantitative estimate of drug-likeness (QED) is 0.0681. The highest BCUT2D eigenvalue weighted by Crippen LogP contribution is 2.18. The van der Waals surface area contributed by atoms with E-state index in [1.807, 2.05) is 0 Å². The van der Waals surface area contributed by atoms with Crippen LogP contribution in [0.5, 0.6) is 0 Å². The van der Waals surface area contributed by atoms with Crippen molar-refractivity contribution in [2.45, 2.75) is 181 Å². The maximum Gasteiger partial charge on any atom is 0.306 e. The van der Waals surface area contributed by atoms with Crippen LogP contribution in [0, 0.1) is 5.92 Å². The lowest BCUT2D eigenvalue weighted by molar-refractivity contribution is -0.142. The van der Waals surface area contributed by atoms with Crippen LogP contribution in [0.1, 0.15) is 181 Å². The number of aliphatic carboxylic acids is 1. The van der Waals surface area contributed by atoms with Gasteiger partial charge in [-0.05, 0) is 51.4 Å². The van der Waals surface area contributed by atoms with Gasteiger partial charge >= 0.3 is 5.97 Å². The van der Waals surface area contributed by atoms with Crippen molar-refractivity contribution in [1.82, 2.24) is 0 Å². The number of hydrogen-bond acceptors (Lipinski definition) is 1. The molecule has 0 aliphatic heterocycles. The molecular formula is C38H68O2. The summed E-state index contributed by atoms with van der Waals surface area (Å²) < 4.78 is 0. The molecule has 40 heavy (non-hydrogen) atoms. The van der Waals surface area contributed by atoms with Gasteiger partial charge in [-0.15, -0.1) is 0 Å². The molecule has 0 aliphatic rings. The minimum Gasteiger partial charge on any atom is -0.481 e. The first-order valence-electron chi connectivity index (χ1n) is 17.5. The summed E-state index contributed by atoms with van der Waals surface area (Å²) in [6.45, 7) is 4.53. The van der Waals surface area contributed by atoms with Gasteiger partial charge in [-0.3, -0.25) is 4.79 Å². The molecule has 0 aromatic rings. The van der Waals surface area contributed by atoms with Crippen LogP contribution < -0.4 is 0 Å². The molecule has 0 aliphatic carbocycles. The van der Waals surface area contributed by atoms with Crippen LogP contribution in [0.3, 0.4) is 0 Å². The highest BCUT2D eigenvalue weighted by atomic mass is 16.4. The maximum absolute atomic E-state index is 11.6. The summed E-state index contributed by atoms with van der Waals surface area (Å²) in [5.41, 5.74) is 0. The second-order valence-electron chi connectivity index (χ2n) is 11.8. The van der Waals surface area contributed by atoms with Gasteiger partial charge in [-0.2, -0.15) is 0 Å². The van der Waals surface area contributed by atoms with E-state index in [-0.39, 0.29) is 5.92 Å². The van der Waals surface area contributed by atoms with Crippen molar-refractivity contribution < 1.29 is 9.90 Å². The van der Waals surface area contributed by atoms with Crippen LogP contribution in [0.25, 0.3) is 0 Å². The Balaban J connectivity index is 3.59. The standard InChI is InChI=1S/C38H68O2/c1-3-5-7-9-11-13-15-17-19-21-23-25-27-29-31-33-35-37(38(39)40)36-34-32-30-28-26-24-22-20-18-16-14-12-10-8-6-4-2/h11,13,17,19,23,25,29,31,37H,3-10,12,14-16,18,20-22,24,26-28,30,32-36H2,1-2H3,(H,39,40)/b13-11-,19-17-,25-23-,31-29-. The lowest BCUT2D eigenvalue weighted by atomic mass is 9.95. The Labute approximate surface area is 250 Å². The highest BCUT2D eigenvalue weighted by Gasteiger charge is 2.15. The lowest BCUT2D eigenvalue weighted by Crippen LogP contribution is -2.13. The number of carbonyl (C=O) groups is 1. The summed E-state index contributed by atoms with van der Waals surface area (Å²) in [5, 5.41) is 9.58. The second kappa shape index (κ2) is 33.6. The van der Waals surface area contributed by atoms with Crippen LogP contribution >= 0.6 is 0 Å². The molecule has 0 heterocycles. The molecule has 0 rings (SSSR count). The fraction of sp³-hybridized carbons (Fsp3) is 0.763. The zero-order chi connectivity index (χ0) is 29.2. The normalized spacial score (nSPS) is 13.1. The largest absolute Gasteiger partial charge is 0.481 e. The molecule has 0 radical (unpaired) electrons. The molecule has 1 unspecified atom stereocenters. The third-order valence-corrected chi connectivity index (χ3v) is 7.89. The summed E-state index contributed by atoms with van der Waals surface area (Å²) in [5.74, 6) is -0.797. The van der Waals surface area contributed by atoms with E-state index in [0.717, 1.165) is 44.9 Å². The molecule has 1 atom stereocenters. The van der Waals surface area contributed by atoms with E-state index >= 15 is 0 Å². The number of allylic oxidation sites excluding steroid dienone is 8. The Morgan fingerprint density at radius 3 is 1.23 bits per heavy atom. The van der Waals surface area contributed by atoms with Crippen LogP contribution in [0.2, 0.25) is 0 Å². The van der Waals surface area contributed by atoms with E-state index in [0.29, 0.717) is 0 Å². The first-order valence-corrected chi connectivity index (χ1v) is 17.5. The van der Waals surface area contributed by atoms with Gasteiger partial charge in [0.1, 0.15) is 0 Å². The second-order valence-corrected chi connectivity index (χ2v) is 11.8. The molecule has 2 nitrogen and oxygen atoms in total. The Morgan fingerprint density at radius 1 is 0.450 bits per heavy atom. The van der Waals surface area contributed by atoms with Crippen LogP contribution in [-0.2, 0) is 4.79 Å². The minimum absolute atomic E-state index is 0.183. The topological polar surface area (TPSA) is 37.3 Å². The van der Waals surface area contributed by atoms with Gasteiger partial charge in [0.15, 0.2) is 0 Å². The van der Waals surface area contributed by atoms with Crippen molar-refractivity contribution in [1.29, 1.82) is 0 Å². The van der Waals surface area contributed by atoms with Gasteiger partial charge in [-0.25, -0.2) is 0 Å². The SMILES string of the molecule is CCCCC/C=C\C/C=C\C/C=C\C/C=C\CCC(CCCCCCCCCCCCCCCCCC)C(=O)O. The molecule has 0 aromatic carbocycles. The summed E-state index contributed by atoms with van der Waals surface area (Å²) in [6.07, 6.45) is 50.1. The first-order chi connectivity index (χ1) is 19.7. The van der Waals surface area contributed by atoms with Gasteiger partial charge in [-0.1, -0.05) is 178 Å². The van der Waals surface area contributed by atoms with E-state index in [4.69, 9.17) is 0 Å². The van der Waals surface area contributed by atoms with Crippen LogP contribution in [0.15, 0.2) is 48.6 Å². The van der Waals surface area contributed by atoms with Gasteiger partial charge in [0, 0.05) is 0 Å². The number of carboxylic acid groups (broad SMARTS) is 1. The van der Waals surface area contributed by atoms with Crippen LogP contribution in [-0.4, -0.2) is 11.1 Å². The number of carboxylic acids is 1. The van der Waals surface area contributed by atoms with Gasteiger partial charge < -0.3 is 5.11 Å². The van der Waals surface area contributed by atoms with Crippen molar-refractivity contribution in [3.05, 3.63) is 48.6 Å². The molecule has 0 amide bonds. The first kappa shape index (κ1) is 38.4. The summed E-state index contributed by atoms with van der Waals surface area (Å²) in [7, 11) is 0. The summed E-state index contributed by atoms with van der Waals surface area (Å²) in [6, 6.07) is 0. The van der Waals surface area contributed by atoms with E-state index in [1.54, 1.807) is 0 Å². The summed E-state index contributed by atoms with van der Waals surface area (Å²) in [4.78, 5) is 11.6. The van der Waals surface area contributed by atoms with Crippen LogP contribution in [0.4, 0.5) is 0 Å². The summed E-state index contributed by atoms with van der Waals surface area (Å²) >= 11 is 0. The Bertz CT molecular complexity index is 627. The Hall–Kier alpha value is -1.57. The Morgan fingerprint density at radius 2 is 0.800 bits per heavy atom. The maximum atomic E-state index is 11.6. The molecular weight excluding hydrogens is 488 g/mol. The van der Waals surface area contributed by atoms with Crippen molar-refractivity contribution >= 4 is 5.97 Å². The molecule has 232 valence electrons. The molecule has 1 N–H and O–H groups in total. The predicted octanol–water partition coefficient (Wildman–Crippen LogP) is 13.1. The van der Waals surface area contributed by atoms with Crippen molar-refractivity contribution in [3.63, 3.8) is 0 Å². The van der Waals surface area contributed by atoms with Gasteiger partial charge in [0.2, 0.25) is 0 Å². The smallest absolute Gasteiger partial charge is 0.306 e. The lowest BCUT2D eigenvalue weighted by Gasteiger charge is -2.10. The third-order valence-electron chi connectivity index (χ3n) is 7.89. The average molecular weight is 557 g/mol. The van der Waals surface area contributed by atoms with Gasteiger partial charge in [0.25, 0.3) is 0 Å². The number of unbranched alkanes of at least 4 members (excludes halogenated alkanes) is 18. The van der Waals surface area contributed by atoms with E-state index in [2.05, 4.69) is 62.5 Å². The zero-order valence-electron chi connectivity index (χ0n) is 26.9. The molecule has 0 bridgehead atoms. The molecule has 0 saturated heterocycles. The fourth-order valence-corrected chi connectivity index (χ4v) is 5.19. The number of hydrogen-bond donors (Lipinski definition) is 1. The Kier molecular flexibility index (Phi) is 32.3. The van der Waals surface area contributed by atoms with E-state index in [9.17, 15) is 9.90 Å². The van der Waals surface area contributed by atoms with Crippen molar-refractivity contribution in [2.75, 3.05) is 0 Å². The average Bonchev–Trinajstić information content (AvgIpc) is 2.95. The molecule has 0 fully saturated rings. The zero-order valence-corrected chi connectivity index (χ0v) is 26.9. The minimum atomic E-state index is -0.614. The van der Waals surface area contributed by atoms with E-state index in [1.165, 1.54) is 122 Å². The van der Waals surface area contributed by atoms with Crippen molar-refractivity contribution in [3.8, 4) is 0 Å². The van der Waals surface area contributed by atoms with Gasteiger partial charge in [0.05, 0.1) is 5.92 Å². The highest BCUT2D eigenvalue weighted by molar-refractivity contribution is 5.69. The molecule has 0 saturated carbocycles. The molecule has 0 spiro atoms. The number of rotatable bonds is 31. The predicted molar refractivity (Wildman–Crippen MR) is 179 cm³/mol. The molecule has 0 aromatic heterocycles.